The molecule has 1 atom stereocenters. The van der Waals surface area contributed by atoms with Crippen LogP contribution in [0.3, 0.4) is 0 Å². The summed E-state index contributed by atoms with van der Waals surface area (Å²) in [6.07, 6.45) is 6.64. The standard InChI is InChI=1S/C17H17N3O2S2/c1-10(15(21)18-8-11-4-3-7-22-11)23-16-14-12-5-2-6-13(12)24-17(14)20-9-19-16/h3-4,7,9-10H,2,5-6,8H2,1H3,(H,18,21)/t10-/m1/s1. The van der Waals surface area contributed by atoms with Gasteiger partial charge in [-0.05, 0) is 43.9 Å². The molecule has 4 rings (SSSR count). The number of nitrogens with zero attached hydrogens (tertiary/aromatic N) is 2. The zero-order valence-electron chi connectivity index (χ0n) is 13.2. The second kappa shape index (κ2) is 6.57. The third-order valence-corrected chi connectivity index (χ3v) is 6.44. The molecule has 3 heterocycles. The number of aryl methyl sites for hydroxylation is 2. The number of thioether (sulfide) groups is 1. The Labute approximate surface area is 147 Å². The van der Waals surface area contributed by atoms with Crippen LogP contribution in [-0.2, 0) is 24.2 Å². The average molecular weight is 359 g/mol. The minimum Gasteiger partial charge on any atom is -0.467 e. The molecule has 1 aliphatic rings. The third kappa shape index (κ3) is 2.93. The van der Waals surface area contributed by atoms with Gasteiger partial charge in [0.05, 0.1) is 18.1 Å². The van der Waals surface area contributed by atoms with Crippen molar-refractivity contribution in [2.24, 2.45) is 0 Å². The summed E-state index contributed by atoms with van der Waals surface area (Å²) in [4.78, 5) is 23.7. The molecule has 7 heteroatoms. The number of thiophene rings is 1. The van der Waals surface area contributed by atoms with Crippen molar-refractivity contribution in [3.8, 4) is 0 Å². The van der Waals surface area contributed by atoms with Crippen LogP contribution in [-0.4, -0.2) is 21.1 Å². The van der Waals surface area contributed by atoms with E-state index in [2.05, 4.69) is 15.3 Å². The van der Waals surface area contributed by atoms with Crippen LogP contribution in [0, 0.1) is 0 Å². The smallest absolute Gasteiger partial charge is 0.233 e. The van der Waals surface area contributed by atoms with E-state index in [1.165, 1.54) is 28.6 Å². The maximum Gasteiger partial charge on any atom is 0.233 e. The molecule has 1 aliphatic carbocycles. The van der Waals surface area contributed by atoms with Gasteiger partial charge in [-0.2, -0.15) is 0 Å². The summed E-state index contributed by atoms with van der Waals surface area (Å²) in [5, 5.41) is 4.75. The van der Waals surface area contributed by atoms with Gasteiger partial charge in [-0.1, -0.05) is 11.8 Å². The lowest BCUT2D eigenvalue weighted by Crippen LogP contribution is -2.30. The number of carbonyl (C=O) groups excluding carboxylic acids is 1. The number of hydrogen-bond acceptors (Lipinski definition) is 6. The van der Waals surface area contributed by atoms with Crippen molar-refractivity contribution in [3.05, 3.63) is 40.9 Å². The van der Waals surface area contributed by atoms with Gasteiger partial charge in [0, 0.05) is 10.3 Å². The molecule has 5 nitrogen and oxygen atoms in total. The first-order chi connectivity index (χ1) is 11.7. The summed E-state index contributed by atoms with van der Waals surface area (Å²) in [5.41, 5.74) is 1.39. The van der Waals surface area contributed by atoms with Crippen LogP contribution in [0.4, 0.5) is 0 Å². The molecule has 0 spiro atoms. The number of hydrogen-bond donors (Lipinski definition) is 1. The fourth-order valence-corrected chi connectivity index (χ4v) is 5.21. The van der Waals surface area contributed by atoms with E-state index in [0.29, 0.717) is 6.54 Å². The van der Waals surface area contributed by atoms with Gasteiger partial charge in [0.15, 0.2) is 0 Å². The van der Waals surface area contributed by atoms with E-state index >= 15 is 0 Å². The Balaban J connectivity index is 1.50. The highest BCUT2D eigenvalue weighted by Crippen LogP contribution is 2.40. The first-order valence-electron chi connectivity index (χ1n) is 7.94. The minimum atomic E-state index is -0.227. The molecule has 0 aromatic carbocycles. The molecule has 0 bridgehead atoms. The van der Waals surface area contributed by atoms with E-state index in [-0.39, 0.29) is 11.2 Å². The van der Waals surface area contributed by atoms with Crippen LogP contribution >= 0.6 is 23.1 Å². The Morgan fingerprint density at radius 1 is 1.46 bits per heavy atom. The largest absolute Gasteiger partial charge is 0.467 e. The molecular weight excluding hydrogens is 342 g/mol. The highest BCUT2D eigenvalue weighted by molar-refractivity contribution is 8.00. The highest BCUT2D eigenvalue weighted by atomic mass is 32.2. The summed E-state index contributed by atoms with van der Waals surface area (Å²) < 4.78 is 5.24. The van der Waals surface area contributed by atoms with E-state index < -0.39 is 0 Å². The predicted octanol–water partition coefficient (Wildman–Crippen LogP) is 3.57. The molecule has 1 N–H and O–H groups in total. The van der Waals surface area contributed by atoms with Crippen LogP contribution in [0.2, 0.25) is 0 Å². The lowest BCUT2D eigenvalue weighted by Gasteiger charge is -2.11. The van der Waals surface area contributed by atoms with E-state index in [9.17, 15) is 4.79 Å². The van der Waals surface area contributed by atoms with Gasteiger partial charge in [0.2, 0.25) is 5.91 Å². The number of fused-ring (bicyclic) bond motifs is 3. The first kappa shape index (κ1) is 15.7. The van der Waals surface area contributed by atoms with Crippen molar-refractivity contribution in [1.29, 1.82) is 0 Å². The van der Waals surface area contributed by atoms with Crippen LogP contribution in [0.15, 0.2) is 34.2 Å². The molecular formula is C17H17N3O2S2. The van der Waals surface area contributed by atoms with Gasteiger partial charge in [-0.15, -0.1) is 11.3 Å². The summed E-state index contributed by atoms with van der Waals surface area (Å²) in [7, 11) is 0. The minimum absolute atomic E-state index is 0.0185. The molecule has 1 amide bonds. The van der Waals surface area contributed by atoms with Crippen molar-refractivity contribution in [2.45, 2.75) is 43.0 Å². The third-order valence-electron chi connectivity index (χ3n) is 4.14. The number of nitrogens with one attached hydrogen (secondary N) is 1. The Kier molecular flexibility index (Phi) is 4.28. The lowest BCUT2D eigenvalue weighted by atomic mass is 10.2. The van der Waals surface area contributed by atoms with Crippen LogP contribution in [0.25, 0.3) is 10.2 Å². The van der Waals surface area contributed by atoms with E-state index in [1.54, 1.807) is 23.9 Å². The lowest BCUT2D eigenvalue weighted by molar-refractivity contribution is -0.120. The quantitative estimate of drug-likeness (QED) is 0.557. The van der Waals surface area contributed by atoms with Crippen molar-refractivity contribution in [1.82, 2.24) is 15.3 Å². The van der Waals surface area contributed by atoms with Crippen molar-refractivity contribution in [2.75, 3.05) is 0 Å². The van der Waals surface area contributed by atoms with Crippen LogP contribution in [0.1, 0.15) is 29.5 Å². The van der Waals surface area contributed by atoms with E-state index in [0.717, 1.165) is 33.8 Å². The number of rotatable bonds is 5. The Morgan fingerprint density at radius 3 is 3.21 bits per heavy atom. The van der Waals surface area contributed by atoms with Crippen LogP contribution < -0.4 is 5.32 Å². The van der Waals surface area contributed by atoms with Gasteiger partial charge in [-0.3, -0.25) is 4.79 Å². The van der Waals surface area contributed by atoms with Gasteiger partial charge >= 0.3 is 0 Å². The molecule has 24 heavy (non-hydrogen) atoms. The topological polar surface area (TPSA) is 68.0 Å². The molecule has 0 aliphatic heterocycles. The summed E-state index contributed by atoms with van der Waals surface area (Å²) in [6, 6.07) is 3.66. The molecule has 0 fully saturated rings. The fraction of sp³-hybridized carbons (Fsp3) is 0.353. The zero-order chi connectivity index (χ0) is 16.5. The van der Waals surface area contributed by atoms with E-state index in [4.69, 9.17) is 4.42 Å². The maximum absolute atomic E-state index is 12.3. The molecule has 3 aromatic heterocycles. The van der Waals surface area contributed by atoms with Gasteiger partial charge in [-0.25, -0.2) is 9.97 Å². The zero-order valence-corrected chi connectivity index (χ0v) is 14.9. The molecule has 124 valence electrons. The number of furan rings is 1. The highest BCUT2D eigenvalue weighted by Gasteiger charge is 2.23. The monoisotopic (exact) mass is 359 g/mol. The Morgan fingerprint density at radius 2 is 2.38 bits per heavy atom. The predicted molar refractivity (Wildman–Crippen MR) is 95.3 cm³/mol. The van der Waals surface area contributed by atoms with Crippen molar-refractivity contribution in [3.63, 3.8) is 0 Å². The molecule has 3 aromatic rings. The summed E-state index contributed by atoms with van der Waals surface area (Å²) in [5.74, 6) is 0.732. The van der Waals surface area contributed by atoms with Crippen LogP contribution in [0.5, 0.6) is 0 Å². The molecule has 0 saturated heterocycles. The molecule has 0 saturated carbocycles. The SMILES string of the molecule is C[C@@H](Sc1ncnc2sc3c(c12)CCC3)C(=O)NCc1ccco1. The summed E-state index contributed by atoms with van der Waals surface area (Å²) >= 11 is 3.27. The second-order valence-corrected chi connectivity index (χ2v) is 8.19. The van der Waals surface area contributed by atoms with Gasteiger partial charge < -0.3 is 9.73 Å². The second-order valence-electron chi connectivity index (χ2n) is 5.77. The molecule has 0 radical (unpaired) electrons. The number of amides is 1. The summed E-state index contributed by atoms with van der Waals surface area (Å²) in [6.45, 7) is 2.31. The number of aromatic nitrogens is 2. The first-order valence-corrected chi connectivity index (χ1v) is 9.64. The normalized spacial score (nSPS) is 14.7. The van der Waals surface area contributed by atoms with Gasteiger partial charge in [0.1, 0.15) is 21.9 Å². The average Bonchev–Trinajstić information content (AvgIpc) is 3.29. The number of carbonyl (C=O) groups is 1. The molecule has 0 unspecified atom stereocenters. The van der Waals surface area contributed by atoms with Crippen molar-refractivity contribution < 1.29 is 9.21 Å². The Bertz CT molecular complexity index is 873. The van der Waals surface area contributed by atoms with E-state index in [1.807, 2.05) is 19.1 Å². The fourth-order valence-electron chi connectivity index (χ4n) is 2.94. The van der Waals surface area contributed by atoms with Crippen molar-refractivity contribution >= 4 is 39.2 Å². The maximum atomic E-state index is 12.3. The Hall–Kier alpha value is -1.86. The van der Waals surface area contributed by atoms with Gasteiger partial charge in [0.25, 0.3) is 0 Å².